The molecule has 0 unspecified atom stereocenters. The molecule has 0 N–H and O–H groups in total. The van der Waals surface area contributed by atoms with Gasteiger partial charge in [0.2, 0.25) is 5.91 Å². The fraction of sp³-hybridized carbons (Fsp3) is 0.346. The highest BCUT2D eigenvalue weighted by molar-refractivity contribution is 6.12. The van der Waals surface area contributed by atoms with Gasteiger partial charge in [0.15, 0.2) is 0 Å². The average molecular weight is 912 g/mol. The van der Waals surface area contributed by atoms with Crippen molar-refractivity contribution in [3.63, 3.8) is 0 Å². The molecule has 6 aromatic rings. The Morgan fingerprint density at radius 3 is 2.33 bits per heavy atom. The van der Waals surface area contributed by atoms with Crippen LogP contribution in [0, 0.1) is 6.92 Å². The molecular weight excluding hydrogens is 857 g/mol. The lowest BCUT2D eigenvalue weighted by Gasteiger charge is -2.37. The first-order chi connectivity index (χ1) is 32.6. The minimum absolute atomic E-state index is 0.0142. The van der Waals surface area contributed by atoms with E-state index in [0.29, 0.717) is 84.1 Å². The SMILES string of the molecule is COC[C@@H]1Cc2ccccc2CN1C(=O)c1cc2c(cc1-c1cc(C(=O)N(c3ccccc3)c3cnn(C(F)F)c3)c(C)n1C)CCN(C(=O)Cc1ccc(OCCN3CCOCC3)cc1)C2. The van der Waals surface area contributed by atoms with Gasteiger partial charge >= 0.3 is 6.55 Å². The number of halogens is 2. The van der Waals surface area contributed by atoms with E-state index in [1.807, 2.05) is 89.0 Å². The van der Waals surface area contributed by atoms with Gasteiger partial charge in [-0.05, 0) is 90.0 Å². The van der Waals surface area contributed by atoms with Crippen molar-refractivity contribution in [1.29, 1.82) is 0 Å². The number of fused-ring (bicyclic) bond motifs is 2. The zero-order valence-corrected chi connectivity index (χ0v) is 38.1. The van der Waals surface area contributed by atoms with Crippen LogP contribution >= 0.6 is 0 Å². The van der Waals surface area contributed by atoms with E-state index in [4.69, 9.17) is 14.2 Å². The number of methoxy groups -OCH3 is 1. The highest BCUT2D eigenvalue weighted by Gasteiger charge is 2.35. The van der Waals surface area contributed by atoms with E-state index in [0.717, 1.165) is 67.0 Å². The van der Waals surface area contributed by atoms with E-state index >= 15 is 4.79 Å². The second-order valence-electron chi connectivity index (χ2n) is 17.4. The van der Waals surface area contributed by atoms with Gasteiger partial charge in [-0.25, -0.2) is 4.68 Å². The van der Waals surface area contributed by atoms with Crippen LogP contribution in [0.2, 0.25) is 0 Å². The fourth-order valence-electron chi connectivity index (χ4n) is 9.45. The van der Waals surface area contributed by atoms with Gasteiger partial charge in [0, 0.05) is 81.6 Å². The number of anilines is 2. The molecule has 1 saturated heterocycles. The monoisotopic (exact) mass is 911 g/mol. The Kier molecular flexibility index (Phi) is 13.6. The van der Waals surface area contributed by atoms with E-state index in [9.17, 15) is 18.4 Å². The number of rotatable bonds is 14. The summed E-state index contributed by atoms with van der Waals surface area (Å²) in [5.41, 5.74) is 8.32. The molecule has 3 aliphatic heterocycles. The van der Waals surface area contributed by atoms with Crippen molar-refractivity contribution in [3.8, 4) is 17.0 Å². The minimum atomic E-state index is -2.89. The van der Waals surface area contributed by atoms with Gasteiger partial charge in [0.25, 0.3) is 11.8 Å². The van der Waals surface area contributed by atoms with Crippen LogP contribution < -0.4 is 9.64 Å². The lowest BCUT2D eigenvalue weighted by molar-refractivity contribution is -0.131. The molecule has 2 aromatic heterocycles. The van der Waals surface area contributed by atoms with Gasteiger partial charge in [-0.2, -0.15) is 13.9 Å². The first-order valence-electron chi connectivity index (χ1n) is 22.8. The van der Waals surface area contributed by atoms with E-state index in [1.54, 1.807) is 37.4 Å². The number of ether oxygens (including phenoxy) is 3. The number of benzene rings is 4. The number of carbonyl (C=O) groups excluding carboxylic acids is 3. The number of hydrogen-bond donors (Lipinski definition) is 0. The van der Waals surface area contributed by atoms with Gasteiger partial charge in [0.05, 0.1) is 55.9 Å². The van der Waals surface area contributed by atoms with Crippen molar-refractivity contribution in [3.05, 3.63) is 154 Å². The number of carbonyl (C=O) groups is 3. The predicted molar refractivity (Wildman–Crippen MR) is 250 cm³/mol. The summed E-state index contributed by atoms with van der Waals surface area (Å²) in [6, 6.07) is 30.1. The maximum atomic E-state index is 15.3. The Balaban J connectivity index is 1.02. The Morgan fingerprint density at radius 2 is 1.60 bits per heavy atom. The van der Waals surface area contributed by atoms with Crippen LogP contribution in [0.5, 0.6) is 5.75 Å². The molecule has 0 bridgehead atoms. The number of nitrogens with zero attached hydrogens (tertiary/aromatic N) is 7. The van der Waals surface area contributed by atoms with Crippen LogP contribution in [0.4, 0.5) is 20.2 Å². The van der Waals surface area contributed by atoms with Crippen LogP contribution in [0.25, 0.3) is 11.3 Å². The second kappa shape index (κ2) is 20.0. The molecule has 0 saturated carbocycles. The van der Waals surface area contributed by atoms with E-state index < -0.39 is 12.5 Å². The molecule has 15 heteroatoms. The third-order valence-corrected chi connectivity index (χ3v) is 13.3. The Labute approximate surface area is 389 Å². The first kappa shape index (κ1) is 45.5. The summed E-state index contributed by atoms with van der Waals surface area (Å²) in [5.74, 6) is 0.106. The van der Waals surface area contributed by atoms with Crippen molar-refractivity contribution in [2.24, 2.45) is 7.05 Å². The van der Waals surface area contributed by atoms with Crippen molar-refractivity contribution in [2.45, 2.75) is 51.9 Å². The lowest BCUT2D eigenvalue weighted by Crippen LogP contribution is -2.47. The predicted octanol–water partition coefficient (Wildman–Crippen LogP) is 7.62. The van der Waals surface area contributed by atoms with Gasteiger partial charge in [-0.3, -0.25) is 24.2 Å². The van der Waals surface area contributed by atoms with Crippen molar-refractivity contribution in [2.75, 3.05) is 64.6 Å². The minimum Gasteiger partial charge on any atom is -0.492 e. The third-order valence-electron chi connectivity index (χ3n) is 13.3. The molecule has 0 spiro atoms. The molecule has 3 aliphatic rings. The maximum Gasteiger partial charge on any atom is 0.333 e. The number of aromatic nitrogens is 3. The Bertz CT molecular complexity index is 2730. The number of morpholine rings is 1. The zero-order chi connectivity index (χ0) is 46.6. The highest BCUT2D eigenvalue weighted by atomic mass is 19.3. The summed E-state index contributed by atoms with van der Waals surface area (Å²) in [7, 11) is 3.49. The van der Waals surface area contributed by atoms with Gasteiger partial charge in [-0.15, -0.1) is 0 Å². The molecule has 0 radical (unpaired) electrons. The largest absolute Gasteiger partial charge is 0.492 e. The topological polar surface area (TPSA) is 115 Å². The molecule has 1 fully saturated rings. The molecule has 5 heterocycles. The van der Waals surface area contributed by atoms with E-state index in [2.05, 4.69) is 16.1 Å². The van der Waals surface area contributed by atoms with E-state index in [1.165, 1.54) is 16.7 Å². The van der Waals surface area contributed by atoms with Gasteiger partial charge < -0.3 is 28.6 Å². The third kappa shape index (κ3) is 9.76. The Morgan fingerprint density at radius 1 is 0.851 bits per heavy atom. The summed E-state index contributed by atoms with van der Waals surface area (Å²) in [6.07, 6.45) is 3.81. The number of hydrogen-bond acceptors (Lipinski definition) is 8. The number of alkyl halides is 2. The summed E-state index contributed by atoms with van der Waals surface area (Å²) < 4.78 is 47.0. The van der Waals surface area contributed by atoms with Crippen LogP contribution in [-0.2, 0) is 53.7 Å². The van der Waals surface area contributed by atoms with E-state index in [-0.39, 0.29) is 30.0 Å². The van der Waals surface area contributed by atoms with Crippen LogP contribution in [-0.4, -0.2) is 113 Å². The molecule has 1 atom stereocenters. The average Bonchev–Trinajstić information content (AvgIpc) is 3.96. The summed E-state index contributed by atoms with van der Waals surface area (Å²) in [5, 5.41) is 3.83. The second-order valence-corrected chi connectivity index (χ2v) is 17.4. The van der Waals surface area contributed by atoms with Crippen LogP contribution in [0.3, 0.4) is 0 Å². The molecular formula is C52H55F2N7O6. The van der Waals surface area contributed by atoms with Gasteiger partial charge in [-0.1, -0.05) is 54.6 Å². The van der Waals surface area contributed by atoms with Crippen molar-refractivity contribution in [1.82, 2.24) is 29.0 Å². The molecule has 67 heavy (non-hydrogen) atoms. The normalized spacial score (nSPS) is 16.2. The number of para-hydroxylation sites is 1. The summed E-state index contributed by atoms with van der Waals surface area (Å²) in [6.45, 7) is 5.19. The van der Waals surface area contributed by atoms with Crippen molar-refractivity contribution >= 4 is 29.1 Å². The smallest absolute Gasteiger partial charge is 0.333 e. The summed E-state index contributed by atoms with van der Waals surface area (Å²) in [4.78, 5) is 51.4. The quantitative estimate of drug-likeness (QED) is 0.110. The lowest BCUT2D eigenvalue weighted by atomic mass is 9.89. The fourth-order valence-corrected chi connectivity index (χ4v) is 9.45. The Hall–Kier alpha value is -6.68. The first-order valence-corrected chi connectivity index (χ1v) is 22.8. The van der Waals surface area contributed by atoms with Crippen LogP contribution in [0.1, 0.15) is 60.8 Å². The molecule has 348 valence electrons. The van der Waals surface area contributed by atoms with Crippen LogP contribution in [0.15, 0.2) is 109 Å². The van der Waals surface area contributed by atoms with Gasteiger partial charge in [0.1, 0.15) is 12.4 Å². The van der Waals surface area contributed by atoms with Crippen molar-refractivity contribution < 1.29 is 37.4 Å². The maximum absolute atomic E-state index is 15.3. The molecule has 13 nitrogen and oxygen atoms in total. The summed E-state index contributed by atoms with van der Waals surface area (Å²) >= 11 is 0. The molecule has 9 rings (SSSR count). The molecule has 4 aromatic carbocycles. The zero-order valence-electron chi connectivity index (χ0n) is 38.1. The standard InChI is InChI=1S/C52H55F2N7O6/c1-35-45(51(64)61(41-11-5-4-6-12-41)43-30-55-60(33-43)52(53)54)29-48(56(35)2)46-27-38-17-18-58(49(62)25-36-13-15-44(16-14-36)67-24-21-57-19-22-66-23-20-57)31-40(38)28-47(46)50(63)59-32-39-10-8-7-9-37(39)26-42(59)34-65-3/h4-16,27-30,33,42,52H,17-26,31-32,34H2,1-3H3/t42-/m0/s1. The highest BCUT2D eigenvalue weighted by Crippen LogP contribution is 2.37. The molecule has 3 amide bonds. The molecule has 0 aliphatic carbocycles. The number of amides is 3.